The van der Waals surface area contributed by atoms with Crippen LogP contribution in [0.15, 0.2) is 60.8 Å². The number of nitrogens with zero attached hydrogens (tertiary/aromatic N) is 1. The van der Waals surface area contributed by atoms with Gasteiger partial charge >= 0.3 is 0 Å². The second kappa shape index (κ2) is 9.04. The van der Waals surface area contributed by atoms with Gasteiger partial charge in [0.15, 0.2) is 5.13 Å². The molecule has 1 heterocycles. The number of amides is 1. The highest BCUT2D eigenvalue weighted by atomic mass is 35.5. The summed E-state index contributed by atoms with van der Waals surface area (Å²) in [5.74, 6) is 1.21. The average molecular weight is 389 g/mol. The molecule has 128 valence electrons. The first-order valence-corrected chi connectivity index (χ1v) is 10.2. The van der Waals surface area contributed by atoms with E-state index < -0.39 is 0 Å². The minimum atomic E-state index is -0.0282. The summed E-state index contributed by atoms with van der Waals surface area (Å²) >= 11 is 9.26. The van der Waals surface area contributed by atoms with E-state index in [4.69, 9.17) is 11.6 Å². The zero-order chi connectivity index (χ0) is 17.5. The van der Waals surface area contributed by atoms with Crippen LogP contribution >= 0.6 is 34.7 Å². The number of carbonyl (C=O) groups excluding carboxylic acids is 1. The standard InChI is InChI=1S/C19H17ClN2OS2/c20-17-9-5-4-8-15(17)10-16-11-21-19(25-16)22-18(23)13-24-12-14-6-2-1-3-7-14/h1-9,11H,10,12-13H2,(H,21,22,23). The molecule has 1 N–H and O–H groups in total. The number of hydrogen-bond donors (Lipinski definition) is 1. The lowest BCUT2D eigenvalue weighted by Crippen LogP contribution is -2.13. The van der Waals surface area contributed by atoms with E-state index in [1.54, 1.807) is 18.0 Å². The molecule has 3 rings (SSSR count). The highest BCUT2D eigenvalue weighted by molar-refractivity contribution is 7.99. The third-order valence-corrected chi connectivity index (χ3v) is 5.75. The maximum atomic E-state index is 12.0. The first-order valence-electron chi connectivity index (χ1n) is 7.80. The third-order valence-electron chi connectivity index (χ3n) is 3.47. The molecule has 2 aromatic carbocycles. The molecule has 6 heteroatoms. The van der Waals surface area contributed by atoms with Gasteiger partial charge in [-0.25, -0.2) is 4.98 Å². The van der Waals surface area contributed by atoms with Gasteiger partial charge in [0.2, 0.25) is 5.91 Å². The number of halogens is 1. The fourth-order valence-corrected chi connectivity index (χ4v) is 4.11. The molecule has 1 aromatic heterocycles. The Labute approximate surface area is 160 Å². The van der Waals surface area contributed by atoms with Crippen molar-refractivity contribution in [3.8, 4) is 0 Å². The number of benzene rings is 2. The van der Waals surface area contributed by atoms with Crippen molar-refractivity contribution in [3.63, 3.8) is 0 Å². The topological polar surface area (TPSA) is 42.0 Å². The highest BCUT2D eigenvalue weighted by Crippen LogP contribution is 2.24. The Bertz CT molecular complexity index is 836. The van der Waals surface area contributed by atoms with Crippen LogP contribution in [0.2, 0.25) is 5.02 Å². The minimum absolute atomic E-state index is 0.0282. The van der Waals surface area contributed by atoms with Crippen LogP contribution in [0.5, 0.6) is 0 Å². The molecule has 0 radical (unpaired) electrons. The SMILES string of the molecule is O=C(CSCc1ccccc1)Nc1ncc(Cc2ccccc2Cl)s1. The van der Waals surface area contributed by atoms with Crippen LogP contribution in [0.25, 0.3) is 0 Å². The molecule has 0 spiro atoms. The molecule has 0 saturated carbocycles. The highest BCUT2D eigenvalue weighted by Gasteiger charge is 2.09. The Morgan fingerprint density at radius 2 is 1.88 bits per heavy atom. The maximum Gasteiger partial charge on any atom is 0.236 e. The van der Waals surface area contributed by atoms with Gasteiger partial charge in [0, 0.05) is 28.3 Å². The number of carbonyl (C=O) groups is 1. The molecule has 25 heavy (non-hydrogen) atoms. The normalized spacial score (nSPS) is 10.6. The molecule has 1 amide bonds. The van der Waals surface area contributed by atoms with Crippen molar-refractivity contribution in [3.05, 3.63) is 81.8 Å². The number of aromatic nitrogens is 1. The predicted octanol–water partition coefficient (Wildman–Crippen LogP) is 5.26. The van der Waals surface area contributed by atoms with Crippen LogP contribution in [0.1, 0.15) is 16.0 Å². The summed E-state index contributed by atoms with van der Waals surface area (Å²) in [5, 5.41) is 4.24. The summed E-state index contributed by atoms with van der Waals surface area (Å²) in [5.41, 5.74) is 2.28. The van der Waals surface area contributed by atoms with Crippen molar-refractivity contribution in [2.75, 3.05) is 11.1 Å². The largest absolute Gasteiger partial charge is 0.301 e. The number of hydrogen-bond acceptors (Lipinski definition) is 4. The number of thioether (sulfide) groups is 1. The van der Waals surface area contributed by atoms with Gasteiger partial charge in [-0.1, -0.05) is 60.1 Å². The number of rotatable bonds is 7. The maximum absolute atomic E-state index is 12.0. The van der Waals surface area contributed by atoms with Crippen molar-refractivity contribution in [1.29, 1.82) is 0 Å². The Morgan fingerprint density at radius 1 is 1.12 bits per heavy atom. The van der Waals surface area contributed by atoms with Crippen LogP contribution in [0.3, 0.4) is 0 Å². The molecule has 0 fully saturated rings. The van der Waals surface area contributed by atoms with Gasteiger partial charge in [0.25, 0.3) is 0 Å². The smallest absolute Gasteiger partial charge is 0.236 e. The third kappa shape index (κ3) is 5.59. The molecule has 0 unspecified atom stereocenters. The van der Waals surface area contributed by atoms with Gasteiger partial charge in [0.1, 0.15) is 0 Å². The van der Waals surface area contributed by atoms with E-state index in [1.807, 2.05) is 42.5 Å². The van der Waals surface area contributed by atoms with Gasteiger partial charge in [-0.2, -0.15) is 0 Å². The van der Waals surface area contributed by atoms with Gasteiger partial charge in [0.05, 0.1) is 5.75 Å². The van der Waals surface area contributed by atoms with Crippen LogP contribution in [-0.4, -0.2) is 16.6 Å². The molecule has 0 saturated heterocycles. The quantitative estimate of drug-likeness (QED) is 0.600. The fraction of sp³-hybridized carbons (Fsp3) is 0.158. The Morgan fingerprint density at radius 3 is 2.68 bits per heavy atom. The average Bonchev–Trinajstić information content (AvgIpc) is 3.05. The number of anilines is 1. The van der Waals surface area contributed by atoms with Crippen molar-refractivity contribution in [1.82, 2.24) is 4.98 Å². The van der Waals surface area contributed by atoms with E-state index >= 15 is 0 Å². The second-order valence-electron chi connectivity index (χ2n) is 5.43. The fourth-order valence-electron chi connectivity index (χ4n) is 2.27. The van der Waals surface area contributed by atoms with E-state index in [2.05, 4.69) is 22.4 Å². The lowest BCUT2D eigenvalue weighted by molar-refractivity contribution is -0.113. The summed E-state index contributed by atoms with van der Waals surface area (Å²) in [6.07, 6.45) is 2.51. The van der Waals surface area contributed by atoms with Crippen molar-refractivity contribution >= 4 is 45.7 Å². The van der Waals surface area contributed by atoms with Crippen LogP contribution < -0.4 is 5.32 Å². The summed E-state index contributed by atoms with van der Waals surface area (Å²) in [4.78, 5) is 17.4. The second-order valence-corrected chi connectivity index (χ2v) is 7.93. The Balaban J connectivity index is 1.47. The Hall–Kier alpha value is -1.82. The van der Waals surface area contributed by atoms with E-state index in [0.717, 1.165) is 27.6 Å². The van der Waals surface area contributed by atoms with Gasteiger partial charge in [-0.3, -0.25) is 4.79 Å². The minimum Gasteiger partial charge on any atom is -0.301 e. The monoisotopic (exact) mass is 388 g/mol. The zero-order valence-electron chi connectivity index (χ0n) is 13.4. The molecule has 3 nitrogen and oxygen atoms in total. The summed E-state index contributed by atoms with van der Waals surface area (Å²) in [6, 6.07) is 17.9. The summed E-state index contributed by atoms with van der Waals surface area (Å²) < 4.78 is 0. The first kappa shape index (κ1) is 18.0. The first-order chi connectivity index (χ1) is 12.2. The summed E-state index contributed by atoms with van der Waals surface area (Å²) in [7, 11) is 0. The molecular formula is C19H17ClN2OS2. The van der Waals surface area contributed by atoms with Crippen molar-refractivity contribution in [2.45, 2.75) is 12.2 Å². The molecule has 0 aliphatic rings. The van der Waals surface area contributed by atoms with Gasteiger partial charge in [-0.15, -0.1) is 23.1 Å². The summed E-state index contributed by atoms with van der Waals surface area (Å²) in [6.45, 7) is 0. The van der Waals surface area contributed by atoms with E-state index in [1.165, 1.54) is 16.9 Å². The van der Waals surface area contributed by atoms with Gasteiger partial charge in [-0.05, 0) is 17.2 Å². The molecule has 0 bridgehead atoms. The molecule has 0 aliphatic carbocycles. The molecular weight excluding hydrogens is 372 g/mol. The van der Waals surface area contributed by atoms with Gasteiger partial charge < -0.3 is 5.32 Å². The number of nitrogens with one attached hydrogen (secondary N) is 1. The van der Waals surface area contributed by atoms with Crippen LogP contribution in [-0.2, 0) is 17.0 Å². The van der Waals surface area contributed by atoms with Crippen molar-refractivity contribution < 1.29 is 4.79 Å². The number of thiazole rings is 1. The molecule has 3 aromatic rings. The van der Waals surface area contributed by atoms with E-state index in [-0.39, 0.29) is 5.91 Å². The van der Waals surface area contributed by atoms with E-state index in [9.17, 15) is 4.79 Å². The lowest BCUT2D eigenvalue weighted by atomic mass is 10.1. The van der Waals surface area contributed by atoms with Crippen LogP contribution in [0, 0.1) is 0 Å². The van der Waals surface area contributed by atoms with E-state index in [0.29, 0.717) is 10.9 Å². The Kier molecular flexibility index (Phi) is 6.50. The predicted molar refractivity (Wildman–Crippen MR) is 108 cm³/mol. The molecule has 0 atom stereocenters. The zero-order valence-corrected chi connectivity index (χ0v) is 15.8. The van der Waals surface area contributed by atoms with Crippen LogP contribution in [0.4, 0.5) is 5.13 Å². The van der Waals surface area contributed by atoms with Crippen molar-refractivity contribution in [2.24, 2.45) is 0 Å². The lowest BCUT2D eigenvalue weighted by Gasteiger charge is -2.02. The molecule has 0 aliphatic heterocycles.